The van der Waals surface area contributed by atoms with Crippen molar-refractivity contribution in [2.45, 2.75) is 6.54 Å². The number of fused-ring (bicyclic) bond motifs is 1. The molecule has 3 aromatic heterocycles. The van der Waals surface area contributed by atoms with E-state index in [2.05, 4.69) is 15.4 Å². The van der Waals surface area contributed by atoms with Crippen LogP contribution in [0, 0.1) is 0 Å². The summed E-state index contributed by atoms with van der Waals surface area (Å²) in [5, 5.41) is 8.09. The molecule has 1 amide bonds. The lowest BCUT2D eigenvalue weighted by Gasteiger charge is -2.03. The van der Waals surface area contributed by atoms with Gasteiger partial charge in [-0.1, -0.05) is 18.2 Å². The number of carbonyl (C=O) groups excluding carboxylic acids is 1. The minimum Gasteiger partial charge on any atom is -0.451 e. The molecule has 0 unspecified atom stereocenters. The Kier molecular flexibility index (Phi) is 4.00. The molecule has 25 heavy (non-hydrogen) atoms. The van der Waals surface area contributed by atoms with E-state index in [9.17, 15) is 4.79 Å². The highest BCUT2D eigenvalue weighted by atomic mass is 16.3. The van der Waals surface area contributed by atoms with Crippen LogP contribution in [0.4, 0.5) is 0 Å². The molecule has 0 bridgehead atoms. The second kappa shape index (κ2) is 6.60. The third-order valence-corrected chi connectivity index (χ3v) is 3.92. The van der Waals surface area contributed by atoms with Gasteiger partial charge in [-0.3, -0.25) is 14.5 Å². The highest BCUT2D eigenvalue weighted by Gasteiger charge is 2.11. The predicted molar refractivity (Wildman–Crippen MR) is 94.0 cm³/mol. The Morgan fingerprint density at radius 1 is 1.12 bits per heavy atom. The molecule has 0 fully saturated rings. The number of nitrogens with zero attached hydrogens (tertiary/aromatic N) is 3. The third-order valence-electron chi connectivity index (χ3n) is 3.92. The van der Waals surface area contributed by atoms with Gasteiger partial charge in [0.15, 0.2) is 5.76 Å². The molecule has 0 aliphatic carbocycles. The zero-order valence-corrected chi connectivity index (χ0v) is 13.4. The van der Waals surface area contributed by atoms with Gasteiger partial charge >= 0.3 is 0 Å². The Balaban J connectivity index is 1.36. The van der Waals surface area contributed by atoms with E-state index in [1.807, 2.05) is 42.6 Å². The monoisotopic (exact) mass is 332 g/mol. The fourth-order valence-electron chi connectivity index (χ4n) is 2.64. The number of aromatic nitrogens is 3. The van der Waals surface area contributed by atoms with E-state index in [4.69, 9.17) is 4.42 Å². The van der Waals surface area contributed by atoms with Crippen molar-refractivity contribution < 1.29 is 9.21 Å². The number of benzene rings is 1. The number of nitrogens with one attached hydrogen (secondary N) is 1. The summed E-state index contributed by atoms with van der Waals surface area (Å²) < 4.78 is 7.35. The molecule has 3 heterocycles. The lowest BCUT2D eigenvalue weighted by molar-refractivity contribution is 0.0926. The van der Waals surface area contributed by atoms with Crippen LogP contribution in [-0.4, -0.2) is 27.2 Å². The molecule has 1 N–H and O–H groups in total. The lowest BCUT2D eigenvalue weighted by Crippen LogP contribution is -2.26. The van der Waals surface area contributed by atoms with Gasteiger partial charge in [0.25, 0.3) is 5.91 Å². The molecule has 4 rings (SSSR count). The molecule has 1 aromatic carbocycles. The second-order valence-corrected chi connectivity index (χ2v) is 5.63. The van der Waals surface area contributed by atoms with Crippen LogP contribution in [0.3, 0.4) is 0 Å². The number of hydrogen-bond donors (Lipinski definition) is 1. The van der Waals surface area contributed by atoms with Crippen LogP contribution >= 0.6 is 0 Å². The minimum absolute atomic E-state index is 0.224. The van der Waals surface area contributed by atoms with Gasteiger partial charge in [-0.05, 0) is 29.8 Å². The molecule has 124 valence electrons. The van der Waals surface area contributed by atoms with Crippen LogP contribution in [0.25, 0.3) is 22.1 Å². The molecule has 0 radical (unpaired) electrons. The van der Waals surface area contributed by atoms with Crippen LogP contribution in [-0.2, 0) is 6.54 Å². The summed E-state index contributed by atoms with van der Waals surface area (Å²) in [5.41, 5.74) is 2.79. The van der Waals surface area contributed by atoms with Gasteiger partial charge < -0.3 is 9.73 Å². The van der Waals surface area contributed by atoms with E-state index in [1.165, 1.54) is 0 Å². The summed E-state index contributed by atoms with van der Waals surface area (Å²) in [6, 6.07) is 13.2. The zero-order chi connectivity index (χ0) is 17.1. The van der Waals surface area contributed by atoms with Gasteiger partial charge in [-0.25, -0.2) is 0 Å². The van der Waals surface area contributed by atoms with Crippen molar-refractivity contribution in [1.29, 1.82) is 0 Å². The largest absolute Gasteiger partial charge is 0.451 e. The van der Waals surface area contributed by atoms with Crippen molar-refractivity contribution in [3.63, 3.8) is 0 Å². The van der Waals surface area contributed by atoms with Crippen molar-refractivity contribution in [3.8, 4) is 11.1 Å². The molecule has 0 saturated heterocycles. The van der Waals surface area contributed by atoms with Gasteiger partial charge in [0.2, 0.25) is 0 Å². The Morgan fingerprint density at radius 3 is 2.80 bits per heavy atom. The molecule has 0 aliphatic rings. The normalized spacial score (nSPS) is 10.9. The van der Waals surface area contributed by atoms with Crippen molar-refractivity contribution in [3.05, 3.63) is 73.0 Å². The molecule has 6 heteroatoms. The van der Waals surface area contributed by atoms with Crippen LogP contribution in [0.15, 0.2) is 71.7 Å². The Hall–Kier alpha value is -3.41. The van der Waals surface area contributed by atoms with Crippen LogP contribution in [0.5, 0.6) is 0 Å². The van der Waals surface area contributed by atoms with E-state index < -0.39 is 0 Å². The van der Waals surface area contributed by atoms with E-state index in [0.717, 1.165) is 16.5 Å². The summed E-state index contributed by atoms with van der Waals surface area (Å²) in [6.07, 6.45) is 7.25. The van der Waals surface area contributed by atoms with Crippen molar-refractivity contribution >= 4 is 16.9 Å². The summed E-state index contributed by atoms with van der Waals surface area (Å²) in [4.78, 5) is 16.2. The van der Waals surface area contributed by atoms with E-state index in [1.54, 1.807) is 29.3 Å². The average molecular weight is 332 g/mol. The first-order valence-electron chi connectivity index (χ1n) is 7.99. The fourth-order valence-corrected chi connectivity index (χ4v) is 2.64. The number of furan rings is 1. The summed E-state index contributed by atoms with van der Waals surface area (Å²) >= 11 is 0. The van der Waals surface area contributed by atoms with Crippen molar-refractivity contribution in [2.24, 2.45) is 0 Å². The van der Waals surface area contributed by atoms with E-state index in [0.29, 0.717) is 24.4 Å². The van der Waals surface area contributed by atoms with Crippen molar-refractivity contribution in [2.75, 3.05) is 6.54 Å². The third kappa shape index (κ3) is 3.28. The zero-order valence-electron chi connectivity index (χ0n) is 13.4. The minimum atomic E-state index is -0.224. The number of pyridine rings is 1. The number of para-hydroxylation sites is 1. The van der Waals surface area contributed by atoms with Crippen LogP contribution in [0.2, 0.25) is 0 Å². The second-order valence-electron chi connectivity index (χ2n) is 5.63. The first-order chi connectivity index (χ1) is 12.3. The highest BCUT2D eigenvalue weighted by Crippen LogP contribution is 2.19. The van der Waals surface area contributed by atoms with E-state index in [-0.39, 0.29) is 5.91 Å². The average Bonchev–Trinajstić information content (AvgIpc) is 3.29. The van der Waals surface area contributed by atoms with Gasteiger partial charge in [-0.15, -0.1) is 0 Å². The molecule has 0 spiro atoms. The number of amides is 1. The SMILES string of the molecule is O=C(NCCn1cc(-c2ccncc2)cn1)c1cc2ccccc2o1. The Morgan fingerprint density at radius 2 is 1.96 bits per heavy atom. The maximum absolute atomic E-state index is 12.2. The lowest BCUT2D eigenvalue weighted by atomic mass is 10.1. The van der Waals surface area contributed by atoms with Gasteiger partial charge in [0, 0.05) is 36.1 Å². The summed E-state index contributed by atoms with van der Waals surface area (Å²) in [7, 11) is 0. The quantitative estimate of drug-likeness (QED) is 0.609. The fraction of sp³-hybridized carbons (Fsp3) is 0.105. The summed E-state index contributed by atoms with van der Waals surface area (Å²) in [5.74, 6) is 0.0943. The number of hydrogen-bond acceptors (Lipinski definition) is 4. The first-order valence-corrected chi connectivity index (χ1v) is 7.99. The van der Waals surface area contributed by atoms with Crippen molar-refractivity contribution in [1.82, 2.24) is 20.1 Å². The first kappa shape index (κ1) is 15.1. The highest BCUT2D eigenvalue weighted by molar-refractivity contribution is 5.96. The molecule has 6 nitrogen and oxygen atoms in total. The number of carbonyl (C=O) groups is 1. The molecule has 0 atom stereocenters. The molecular weight excluding hydrogens is 316 g/mol. The molecule has 4 aromatic rings. The predicted octanol–water partition coefficient (Wildman–Crippen LogP) is 3.12. The molecule has 0 aliphatic heterocycles. The van der Waals surface area contributed by atoms with Gasteiger partial charge in [0.1, 0.15) is 5.58 Å². The summed E-state index contributed by atoms with van der Waals surface area (Å²) in [6.45, 7) is 1.05. The smallest absolute Gasteiger partial charge is 0.287 e. The Labute approximate surface area is 144 Å². The van der Waals surface area contributed by atoms with Gasteiger partial charge in [-0.2, -0.15) is 5.10 Å². The topological polar surface area (TPSA) is 73.0 Å². The molecular formula is C19H16N4O2. The van der Waals surface area contributed by atoms with E-state index >= 15 is 0 Å². The number of rotatable bonds is 5. The van der Waals surface area contributed by atoms with Crippen LogP contribution in [0.1, 0.15) is 10.6 Å². The standard InChI is InChI=1S/C19H16N4O2/c24-19(18-11-15-3-1-2-4-17(15)25-18)21-9-10-23-13-16(12-22-23)14-5-7-20-8-6-14/h1-8,11-13H,9-10H2,(H,21,24). The molecule has 0 saturated carbocycles. The Bertz CT molecular complexity index is 971. The van der Waals surface area contributed by atoms with Crippen LogP contribution < -0.4 is 5.32 Å². The maximum atomic E-state index is 12.2. The maximum Gasteiger partial charge on any atom is 0.287 e. The van der Waals surface area contributed by atoms with Gasteiger partial charge in [0.05, 0.1) is 12.7 Å².